The third-order valence-electron chi connectivity index (χ3n) is 2.78. The Kier molecular flexibility index (Phi) is 4.54. The molecule has 0 aromatic heterocycles. The number of hydrogen-bond acceptors (Lipinski definition) is 3. The molecule has 2 aromatic rings. The largest absolute Gasteiger partial charge is 0.508 e. The Morgan fingerprint density at radius 3 is 1.96 bits per heavy atom. The predicted octanol–water partition coefficient (Wildman–Crippen LogP) is 2.99. The Labute approximate surface area is 128 Å². The zero-order chi connectivity index (χ0) is 17.0. The van der Waals surface area contributed by atoms with Crippen molar-refractivity contribution in [2.45, 2.75) is 6.18 Å². The molecular formula is C15H11F3N2O3. The molecule has 2 aromatic carbocycles. The van der Waals surface area contributed by atoms with Crippen molar-refractivity contribution in [3.63, 3.8) is 0 Å². The molecule has 0 unspecified atom stereocenters. The maximum atomic E-state index is 12.4. The van der Waals surface area contributed by atoms with E-state index in [1.54, 1.807) is 0 Å². The molecule has 5 nitrogen and oxygen atoms in total. The minimum atomic E-state index is -4.48. The first-order valence-electron chi connectivity index (χ1n) is 6.34. The Balaban J connectivity index is 2.00. The first-order valence-corrected chi connectivity index (χ1v) is 6.34. The first-order chi connectivity index (χ1) is 10.8. The summed E-state index contributed by atoms with van der Waals surface area (Å²) in [4.78, 5) is 23.3. The highest BCUT2D eigenvalue weighted by Crippen LogP contribution is 2.29. The van der Waals surface area contributed by atoms with Crippen LogP contribution in [-0.4, -0.2) is 16.9 Å². The maximum absolute atomic E-state index is 12.4. The zero-order valence-corrected chi connectivity index (χ0v) is 11.5. The van der Waals surface area contributed by atoms with Crippen LogP contribution in [0.1, 0.15) is 5.56 Å². The molecule has 3 N–H and O–H groups in total. The van der Waals surface area contributed by atoms with E-state index in [-0.39, 0.29) is 17.1 Å². The van der Waals surface area contributed by atoms with Crippen LogP contribution in [0.15, 0.2) is 48.5 Å². The summed E-state index contributed by atoms with van der Waals surface area (Å²) in [5, 5.41) is 13.7. The van der Waals surface area contributed by atoms with Crippen LogP contribution in [0.4, 0.5) is 24.5 Å². The van der Waals surface area contributed by atoms with Gasteiger partial charge in [-0.05, 0) is 36.4 Å². The van der Waals surface area contributed by atoms with Crippen LogP contribution in [0.5, 0.6) is 5.75 Å². The van der Waals surface area contributed by atoms with Crippen molar-refractivity contribution >= 4 is 23.2 Å². The molecule has 0 atom stereocenters. The SMILES string of the molecule is O=C(Nc1ccc(C(F)(F)F)cc1)C(=O)Nc1cccc(O)c1. The molecule has 0 fully saturated rings. The fourth-order valence-electron chi connectivity index (χ4n) is 1.70. The number of phenolic OH excluding ortho intramolecular Hbond substituents is 1. The topological polar surface area (TPSA) is 78.4 Å². The lowest BCUT2D eigenvalue weighted by Crippen LogP contribution is -2.29. The Hall–Kier alpha value is -3.03. The van der Waals surface area contributed by atoms with Crippen LogP contribution < -0.4 is 10.6 Å². The molecule has 2 rings (SSSR count). The number of amides is 2. The van der Waals surface area contributed by atoms with Crippen molar-refractivity contribution in [3.05, 3.63) is 54.1 Å². The van der Waals surface area contributed by atoms with Gasteiger partial charge in [-0.15, -0.1) is 0 Å². The monoisotopic (exact) mass is 324 g/mol. The van der Waals surface area contributed by atoms with Crippen LogP contribution in [0.2, 0.25) is 0 Å². The van der Waals surface area contributed by atoms with Crippen LogP contribution in [-0.2, 0) is 15.8 Å². The van der Waals surface area contributed by atoms with Gasteiger partial charge in [0.1, 0.15) is 5.75 Å². The zero-order valence-electron chi connectivity index (χ0n) is 11.5. The molecule has 0 saturated carbocycles. The van der Waals surface area contributed by atoms with Gasteiger partial charge in [0.25, 0.3) is 0 Å². The van der Waals surface area contributed by atoms with Gasteiger partial charge in [-0.2, -0.15) is 13.2 Å². The Morgan fingerprint density at radius 1 is 0.870 bits per heavy atom. The number of carbonyl (C=O) groups is 2. The number of carbonyl (C=O) groups excluding carboxylic acids is 2. The van der Waals surface area contributed by atoms with E-state index >= 15 is 0 Å². The summed E-state index contributed by atoms with van der Waals surface area (Å²) in [5.74, 6) is -2.16. The minimum Gasteiger partial charge on any atom is -0.508 e. The van der Waals surface area contributed by atoms with Crippen molar-refractivity contribution in [1.82, 2.24) is 0 Å². The molecule has 0 aliphatic carbocycles. The third-order valence-corrected chi connectivity index (χ3v) is 2.78. The number of nitrogens with one attached hydrogen (secondary N) is 2. The number of benzene rings is 2. The fraction of sp³-hybridized carbons (Fsp3) is 0.0667. The van der Waals surface area contributed by atoms with Crippen LogP contribution in [0.25, 0.3) is 0 Å². The molecule has 0 bridgehead atoms. The summed E-state index contributed by atoms with van der Waals surface area (Å²) in [6.07, 6.45) is -4.48. The van der Waals surface area contributed by atoms with E-state index < -0.39 is 23.6 Å². The molecule has 0 heterocycles. The van der Waals surface area contributed by atoms with Crippen LogP contribution in [0, 0.1) is 0 Å². The normalized spacial score (nSPS) is 10.9. The van der Waals surface area contributed by atoms with Gasteiger partial charge in [0, 0.05) is 17.4 Å². The molecule has 0 radical (unpaired) electrons. The summed E-state index contributed by atoms with van der Waals surface area (Å²) in [5.41, 5.74) is -0.605. The Bertz CT molecular complexity index is 727. The third kappa shape index (κ3) is 4.47. The highest BCUT2D eigenvalue weighted by atomic mass is 19.4. The van der Waals surface area contributed by atoms with E-state index in [1.165, 1.54) is 24.3 Å². The number of anilines is 2. The van der Waals surface area contributed by atoms with Gasteiger partial charge < -0.3 is 15.7 Å². The van der Waals surface area contributed by atoms with E-state index in [2.05, 4.69) is 10.6 Å². The van der Waals surface area contributed by atoms with Crippen molar-refractivity contribution in [1.29, 1.82) is 0 Å². The van der Waals surface area contributed by atoms with E-state index in [9.17, 15) is 27.9 Å². The minimum absolute atomic E-state index is 0.0501. The molecule has 0 saturated heterocycles. The van der Waals surface area contributed by atoms with Gasteiger partial charge in [0.05, 0.1) is 5.56 Å². The number of hydrogen-bond donors (Lipinski definition) is 3. The van der Waals surface area contributed by atoms with Crippen molar-refractivity contribution in [3.8, 4) is 5.75 Å². The first kappa shape index (κ1) is 16.3. The van der Waals surface area contributed by atoms with Gasteiger partial charge in [-0.25, -0.2) is 0 Å². The molecule has 2 amide bonds. The lowest BCUT2D eigenvalue weighted by atomic mass is 10.2. The van der Waals surface area contributed by atoms with Crippen molar-refractivity contribution in [2.75, 3.05) is 10.6 Å². The molecule has 23 heavy (non-hydrogen) atoms. The van der Waals surface area contributed by atoms with E-state index in [0.29, 0.717) is 0 Å². The van der Waals surface area contributed by atoms with Crippen molar-refractivity contribution in [2.24, 2.45) is 0 Å². The summed E-state index contributed by atoms with van der Waals surface area (Å²) in [7, 11) is 0. The van der Waals surface area contributed by atoms with Crippen LogP contribution in [0.3, 0.4) is 0 Å². The highest BCUT2D eigenvalue weighted by Gasteiger charge is 2.30. The average Bonchev–Trinajstić information content (AvgIpc) is 2.46. The van der Waals surface area contributed by atoms with Gasteiger partial charge in [-0.1, -0.05) is 6.07 Å². The van der Waals surface area contributed by atoms with Crippen LogP contribution >= 0.6 is 0 Å². The number of aromatic hydroxyl groups is 1. The summed E-state index contributed by atoms with van der Waals surface area (Å²) in [6.45, 7) is 0. The lowest BCUT2D eigenvalue weighted by Gasteiger charge is -2.09. The summed E-state index contributed by atoms with van der Waals surface area (Å²) >= 11 is 0. The number of halogens is 3. The fourth-order valence-corrected chi connectivity index (χ4v) is 1.70. The van der Waals surface area contributed by atoms with Gasteiger partial charge in [-0.3, -0.25) is 9.59 Å². The standard InChI is InChI=1S/C15H11F3N2O3/c16-15(17,18)9-4-6-10(7-5-9)19-13(22)14(23)20-11-2-1-3-12(21)8-11/h1-8,21H,(H,19,22)(H,20,23). The van der Waals surface area contributed by atoms with Gasteiger partial charge >= 0.3 is 18.0 Å². The summed E-state index contributed by atoms with van der Waals surface area (Å²) in [6, 6.07) is 9.24. The number of rotatable bonds is 2. The second-order valence-corrected chi connectivity index (χ2v) is 4.53. The molecular weight excluding hydrogens is 313 g/mol. The smallest absolute Gasteiger partial charge is 0.416 e. The molecule has 0 aliphatic heterocycles. The van der Waals surface area contributed by atoms with Crippen molar-refractivity contribution < 1.29 is 27.9 Å². The van der Waals surface area contributed by atoms with E-state index in [4.69, 9.17) is 0 Å². The second-order valence-electron chi connectivity index (χ2n) is 4.53. The summed E-state index contributed by atoms with van der Waals surface area (Å²) < 4.78 is 37.2. The molecule has 0 spiro atoms. The molecule has 120 valence electrons. The van der Waals surface area contributed by atoms with E-state index in [1.807, 2.05) is 0 Å². The highest BCUT2D eigenvalue weighted by molar-refractivity contribution is 6.43. The predicted molar refractivity (Wildman–Crippen MR) is 76.8 cm³/mol. The quantitative estimate of drug-likeness (QED) is 0.743. The van der Waals surface area contributed by atoms with E-state index in [0.717, 1.165) is 24.3 Å². The van der Waals surface area contributed by atoms with Gasteiger partial charge in [0.2, 0.25) is 0 Å². The number of phenols is 1. The average molecular weight is 324 g/mol. The molecule has 8 heteroatoms. The molecule has 0 aliphatic rings. The second kappa shape index (κ2) is 6.39. The van der Waals surface area contributed by atoms with Gasteiger partial charge in [0.15, 0.2) is 0 Å². The lowest BCUT2D eigenvalue weighted by molar-refractivity contribution is -0.137. The Morgan fingerprint density at radius 2 is 1.43 bits per heavy atom. The number of alkyl halides is 3. The maximum Gasteiger partial charge on any atom is 0.416 e.